The van der Waals surface area contributed by atoms with Gasteiger partial charge >= 0.3 is 0 Å². The molecule has 2 aliphatic rings. The highest BCUT2D eigenvalue weighted by Crippen LogP contribution is 2.44. The minimum atomic E-state index is -0.276. The van der Waals surface area contributed by atoms with Gasteiger partial charge in [-0.2, -0.15) is 0 Å². The van der Waals surface area contributed by atoms with Crippen molar-refractivity contribution in [3.63, 3.8) is 0 Å². The summed E-state index contributed by atoms with van der Waals surface area (Å²) < 4.78 is 14.6. The molecular weight excluding hydrogens is 469 g/mol. The molecule has 4 heterocycles. The Bertz CT molecular complexity index is 1450. The second-order valence-corrected chi connectivity index (χ2v) is 10.4. The molecule has 1 saturated carbocycles. The number of halogens is 1. The molecule has 1 saturated heterocycles. The number of anilines is 1. The van der Waals surface area contributed by atoms with Gasteiger partial charge in [-0.25, -0.2) is 19.8 Å². The Morgan fingerprint density at radius 2 is 1.97 bits per heavy atom. The number of nitrogens with one attached hydrogen (secondary N) is 4. The fraction of sp³-hybridized carbons (Fsp3) is 0.357. The van der Waals surface area contributed by atoms with Gasteiger partial charge < -0.3 is 10.3 Å². The van der Waals surface area contributed by atoms with E-state index in [-0.39, 0.29) is 23.7 Å². The molecule has 0 spiro atoms. The van der Waals surface area contributed by atoms with Crippen LogP contribution in [0.4, 0.5) is 10.1 Å². The van der Waals surface area contributed by atoms with Crippen LogP contribution in [-0.4, -0.2) is 31.9 Å². The van der Waals surface area contributed by atoms with Gasteiger partial charge in [-0.3, -0.25) is 15.2 Å². The van der Waals surface area contributed by atoms with Crippen molar-refractivity contribution in [2.45, 2.75) is 51.1 Å². The van der Waals surface area contributed by atoms with Gasteiger partial charge in [0.05, 0.1) is 23.4 Å². The predicted octanol–water partition coefficient (Wildman–Crippen LogP) is 4.85. The van der Waals surface area contributed by atoms with Crippen molar-refractivity contribution in [1.29, 1.82) is 0 Å². The van der Waals surface area contributed by atoms with E-state index in [0.717, 1.165) is 47.4 Å². The van der Waals surface area contributed by atoms with Crippen molar-refractivity contribution in [3.8, 4) is 11.1 Å². The molecule has 2 fully saturated rings. The largest absolute Gasteiger partial charge is 0.339 e. The molecule has 3 aromatic heterocycles. The number of amides is 1. The standard InChI is InChI=1S/C28H30FN7O/c1-15(2)28(37)32-18-11-17(13-30-14-18)16-7-8-23-21(12-16)25(36-35-23)27-33-24-20(9-10-31-26(24)34-27)19-5-3-4-6-22(19)29/h3-6,9-11,13-16,21,23,25,35-36H,7-8,12H2,1-2H3,(H,32,37)(H,31,33,34). The normalized spacial score (nSPS) is 23.4. The Balaban J connectivity index is 1.27. The molecule has 4 N–H and O–H groups in total. The number of imidazole rings is 1. The summed E-state index contributed by atoms with van der Waals surface area (Å²) >= 11 is 0. The molecule has 8 nitrogen and oxygen atoms in total. The third kappa shape index (κ3) is 4.49. The number of hydrogen-bond acceptors (Lipinski definition) is 6. The molecule has 1 aromatic carbocycles. The molecule has 4 unspecified atom stereocenters. The van der Waals surface area contributed by atoms with Crippen LogP contribution in [0.3, 0.4) is 0 Å². The number of fused-ring (bicyclic) bond motifs is 2. The molecule has 1 aliphatic carbocycles. The first-order valence-electron chi connectivity index (χ1n) is 12.8. The van der Waals surface area contributed by atoms with Gasteiger partial charge in [0.2, 0.25) is 5.91 Å². The summed E-state index contributed by atoms with van der Waals surface area (Å²) in [5, 5.41) is 2.96. The SMILES string of the molecule is CC(C)C(=O)Nc1cncc(C2CCC3NNC(c4nc5nccc(-c6ccccc6F)c5[nH]4)C3C2)c1. The molecule has 1 aliphatic heterocycles. The minimum absolute atomic E-state index is 0.0137. The number of pyridine rings is 2. The summed E-state index contributed by atoms with van der Waals surface area (Å²) in [5.41, 5.74) is 11.4. The Kier molecular flexibility index (Phi) is 6.18. The lowest BCUT2D eigenvalue weighted by molar-refractivity contribution is -0.118. The number of rotatable bonds is 5. The van der Waals surface area contributed by atoms with Gasteiger partial charge in [0.1, 0.15) is 11.6 Å². The van der Waals surface area contributed by atoms with Gasteiger partial charge in [-0.05, 0) is 54.9 Å². The van der Waals surface area contributed by atoms with E-state index in [1.165, 1.54) is 6.07 Å². The summed E-state index contributed by atoms with van der Waals surface area (Å²) in [7, 11) is 0. The molecule has 0 radical (unpaired) electrons. The molecule has 37 heavy (non-hydrogen) atoms. The number of hydrogen-bond donors (Lipinski definition) is 4. The summed E-state index contributed by atoms with van der Waals surface area (Å²) in [6.07, 6.45) is 8.28. The van der Waals surface area contributed by atoms with E-state index in [1.807, 2.05) is 32.2 Å². The minimum Gasteiger partial charge on any atom is -0.339 e. The summed E-state index contributed by atoms with van der Waals surface area (Å²) in [6.45, 7) is 3.75. The number of benzene rings is 1. The van der Waals surface area contributed by atoms with E-state index in [9.17, 15) is 9.18 Å². The summed E-state index contributed by atoms with van der Waals surface area (Å²) in [6, 6.07) is 10.9. The van der Waals surface area contributed by atoms with E-state index in [4.69, 9.17) is 4.98 Å². The topological polar surface area (TPSA) is 108 Å². The van der Waals surface area contributed by atoms with Crippen LogP contribution in [0.1, 0.15) is 56.5 Å². The van der Waals surface area contributed by atoms with Gasteiger partial charge in [-0.1, -0.05) is 32.0 Å². The van der Waals surface area contributed by atoms with E-state index in [2.05, 4.69) is 37.2 Å². The van der Waals surface area contributed by atoms with Crippen LogP contribution < -0.4 is 16.2 Å². The zero-order valence-corrected chi connectivity index (χ0v) is 20.8. The Morgan fingerprint density at radius 1 is 1.11 bits per heavy atom. The second-order valence-electron chi connectivity index (χ2n) is 10.4. The van der Waals surface area contributed by atoms with Crippen molar-refractivity contribution in [3.05, 3.63) is 72.2 Å². The monoisotopic (exact) mass is 499 g/mol. The van der Waals surface area contributed by atoms with Crippen molar-refractivity contribution in [2.24, 2.45) is 11.8 Å². The van der Waals surface area contributed by atoms with Crippen molar-refractivity contribution in [2.75, 3.05) is 5.32 Å². The lowest BCUT2D eigenvalue weighted by Gasteiger charge is -2.33. The molecule has 1 amide bonds. The Hall–Kier alpha value is -3.69. The van der Waals surface area contributed by atoms with Gasteiger partial charge in [-0.15, -0.1) is 0 Å². The van der Waals surface area contributed by atoms with Crippen LogP contribution in [-0.2, 0) is 4.79 Å². The Labute approximate surface area is 214 Å². The van der Waals surface area contributed by atoms with E-state index in [1.54, 1.807) is 24.5 Å². The van der Waals surface area contributed by atoms with Crippen LogP contribution >= 0.6 is 0 Å². The quantitative estimate of drug-likeness (QED) is 0.313. The van der Waals surface area contributed by atoms with Gasteiger partial charge in [0.25, 0.3) is 0 Å². The van der Waals surface area contributed by atoms with Crippen LogP contribution in [0.25, 0.3) is 22.3 Å². The Morgan fingerprint density at radius 3 is 2.81 bits per heavy atom. The first kappa shape index (κ1) is 23.7. The maximum Gasteiger partial charge on any atom is 0.226 e. The third-order valence-electron chi connectivity index (χ3n) is 7.64. The smallest absolute Gasteiger partial charge is 0.226 e. The third-order valence-corrected chi connectivity index (χ3v) is 7.64. The maximum atomic E-state index is 14.6. The highest BCUT2D eigenvalue weighted by molar-refractivity contribution is 5.92. The number of carbonyl (C=O) groups excluding carboxylic acids is 1. The van der Waals surface area contributed by atoms with Crippen LogP contribution in [0.15, 0.2) is 55.0 Å². The molecule has 9 heteroatoms. The van der Waals surface area contributed by atoms with Crippen LogP contribution in [0.5, 0.6) is 0 Å². The average molecular weight is 500 g/mol. The second kappa shape index (κ2) is 9.64. The van der Waals surface area contributed by atoms with Crippen molar-refractivity contribution in [1.82, 2.24) is 30.8 Å². The molecule has 4 aromatic rings. The number of aromatic nitrogens is 4. The number of hydrazine groups is 1. The van der Waals surface area contributed by atoms with E-state index in [0.29, 0.717) is 29.1 Å². The molecule has 0 bridgehead atoms. The number of nitrogens with zero attached hydrogens (tertiary/aromatic N) is 3. The molecular formula is C28H30FN7O. The number of aromatic amines is 1. The van der Waals surface area contributed by atoms with E-state index < -0.39 is 0 Å². The fourth-order valence-corrected chi connectivity index (χ4v) is 5.65. The van der Waals surface area contributed by atoms with Crippen LogP contribution in [0.2, 0.25) is 0 Å². The fourth-order valence-electron chi connectivity index (χ4n) is 5.65. The first-order chi connectivity index (χ1) is 18.0. The van der Waals surface area contributed by atoms with Gasteiger partial charge in [0.15, 0.2) is 5.65 Å². The molecule has 4 atom stereocenters. The van der Waals surface area contributed by atoms with Crippen LogP contribution in [0, 0.1) is 17.7 Å². The lowest BCUT2D eigenvalue weighted by atomic mass is 9.73. The number of carbonyl (C=O) groups is 1. The highest BCUT2D eigenvalue weighted by Gasteiger charge is 2.42. The summed E-state index contributed by atoms with van der Waals surface area (Å²) in [4.78, 5) is 29.3. The average Bonchev–Trinajstić information content (AvgIpc) is 3.53. The first-order valence-corrected chi connectivity index (χ1v) is 12.8. The molecule has 6 rings (SSSR count). The predicted molar refractivity (Wildman–Crippen MR) is 140 cm³/mol. The summed E-state index contributed by atoms with van der Waals surface area (Å²) in [5.74, 6) is 1.04. The highest BCUT2D eigenvalue weighted by atomic mass is 19.1. The maximum absolute atomic E-state index is 14.6. The number of H-pyrrole nitrogens is 1. The lowest BCUT2D eigenvalue weighted by Crippen LogP contribution is -2.34. The molecule has 190 valence electrons. The zero-order valence-electron chi connectivity index (χ0n) is 20.8. The van der Waals surface area contributed by atoms with Crippen molar-refractivity contribution < 1.29 is 9.18 Å². The van der Waals surface area contributed by atoms with Crippen molar-refractivity contribution >= 4 is 22.8 Å². The van der Waals surface area contributed by atoms with E-state index >= 15 is 0 Å². The van der Waals surface area contributed by atoms with Gasteiger partial charge in [0, 0.05) is 35.5 Å². The zero-order chi connectivity index (χ0) is 25.5.